The fourth-order valence-corrected chi connectivity index (χ4v) is 4.95. The van der Waals surface area contributed by atoms with E-state index in [1.165, 1.54) is 6.92 Å². The summed E-state index contributed by atoms with van der Waals surface area (Å²) in [4.78, 5) is 26.0. The third-order valence-electron chi connectivity index (χ3n) is 5.27. The van der Waals surface area contributed by atoms with Gasteiger partial charge < -0.3 is 10.6 Å². The Morgan fingerprint density at radius 3 is 2.12 bits per heavy atom. The molecule has 0 saturated heterocycles. The van der Waals surface area contributed by atoms with E-state index < -0.39 is 22.0 Å². The van der Waals surface area contributed by atoms with Crippen molar-refractivity contribution in [3.05, 3.63) is 95.1 Å². The first kappa shape index (κ1) is 25.0. The van der Waals surface area contributed by atoms with Gasteiger partial charge in [-0.25, -0.2) is 8.42 Å². The topological polar surface area (TPSA) is 95.6 Å². The Balaban J connectivity index is 1.82. The lowest BCUT2D eigenvalue weighted by atomic mass is 10.1. The Labute approximate surface area is 200 Å². The molecule has 3 aromatic carbocycles. The summed E-state index contributed by atoms with van der Waals surface area (Å²) in [6.45, 7) is 5.59. The first-order valence-corrected chi connectivity index (χ1v) is 12.7. The Bertz CT molecular complexity index is 1270. The molecule has 0 heterocycles. The number of hydrogen-bond donors (Lipinski definition) is 2. The number of carbonyl (C=O) groups excluding carboxylic acids is 2. The van der Waals surface area contributed by atoms with Crippen molar-refractivity contribution in [3.63, 3.8) is 0 Å². The molecule has 0 radical (unpaired) electrons. The normalized spacial score (nSPS) is 12.0. The monoisotopic (exact) mass is 479 g/mol. The molecule has 0 aliphatic heterocycles. The van der Waals surface area contributed by atoms with Gasteiger partial charge in [0.15, 0.2) is 0 Å². The van der Waals surface area contributed by atoms with E-state index in [4.69, 9.17) is 0 Å². The lowest BCUT2D eigenvalue weighted by molar-refractivity contribution is -0.116. The maximum Gasteiger partial charge on any atom is 0.253 e. The van der Waals surface area contributed by atoms with Crippen LogP contribution in [0.5, 0.6) is 0 Å². The number of aryl methyl sites for hydroxylation is 2. The molecule has 178 valence electrons. The number of carbonyl (C=O) groups is 2. The van der Waals surface area contributed by atoms with E-state index >= 15 is 0 Å². The molecule has 0 saturated carbocycles. The molecule has 0 aliphatic rings. The second kappa shape index (κ2) is 10.5. The summed E-state index contributed by atoms with van der Waals surface area (Å²) < 4.78 is 26.4. The van der Waals surface area contributed by atoms with E-state index in [2.05, 4.69) is 10.6 Å². The lowest BCUT2D eigenvalue weighted by Crippen LogP contribution is -2.45. The minimum absolute atomic E-state index is 0.288. The fraction of sp³-hybridized carbons (Fsp3) is 0.231. The highest BCUT2D eigenvalue weighted by Gasteiger charge is 2.30. The van der Waals surface area contributed by atoms with Crippen molar-refractivity contribution in [1.29, 1.82) is 0 Å². The molecule has 1 atom stereocenters. The zero-order chi connectivity index (χ0) is 24.9. The van der Waals surface area contributed by atoms with Crippen molar-refractivity contribution in [3.8, 4) is 0 Å². The number of hydrogen-bond acceptors (Lipinski definition) is 4. The second-order valence-corrected chi connectivity index (χ2v) is 10.1. The summed E-state index contributed by atoms with van der Waals surface area (Å²) in [5.41, 5.74) is 3.73. The average molecular weight is 480 g/mol. The fourth-order valence-electron chi connectivity index (χ4n) is 3.79. The molecule has 2 N–H and O–H groups in total. The number of rotatable bonds is 8. The maximum absolute atomic E-state index is 13.1. The number of nitrogens with one attached hydrogen (secondary N) is 2. The molecular formula is C26H29N3O4S. The number of nitrogens with zero attached hydrogens (tertiary/aromatic N) is 1. The number of anilines is 2. The second-order valence-electron chi connectivity index (χ2n) is 8.28. The van der Waals surface area contributed by atoms with Crippen LogP contribution in [0.4, 0.5) is 11.4 Å². The number of amides is 2. The first-order valence-electron chi connectivity index (χ1n) is 10.9. The Morgan fingerprint density at radius 1 is 0.912 bits per heavy atom. The predicted molar refractivity (Wildman–Crippen MR) is 135 cm³/mol. The molecule has 2 amide bonds. The van der Waals surface area contributed by atoms with Crippen molar-refractivity contribution < 1.29 is 18.0 Å². The molecule has 34 heavy (non-hydrogen) atoms. The zero-order valence-corrected chi connectivity index (χ0v) is 20.5. The van der Waals surface area contributed by atoms with Gasteiger partial charge in [-0.1, -0.05) is 48.5 Å². The van der Waals surface area contributed by atoms with E-state index in [-0.39, 0.29) is 11.5 Å². The molecule has 0 spiro atoms. The molecule has 0 unspecified atom stereocenters. The Hall–Kier alpha value is -3.65. The first-order chi connectivity index (χ1) is 16.1. The third kappa shape index (κ3) is 6.23. The number of benzene rings is 3. The summed E-state index contributed by atoms with van der Waals surface area (Å²) in [6, 6.07) is 20.5. The average Bonchev–Trinajstić information content (AvgIpc) is 2.77. The van der Waals surface area contributed by atoms with Crippen LogP contribution in [0.3, 0.4) is 0 Å². The highest BCUT2D eigenvalue weighted by Crippen LogP contribution is 2.25. The summed E-state index contributed by atoms with van der Waals surface area (Å²) in [5.74, 6) is -0.894. The minimum Gasteiger partial charge on any atom is -0.348 e. The Kier molecular flexibility index (Phi) is 7.73. The Morgan fingerprint density at radius 2 is 1.50 bits per heavy atom. The maximum atomic E-state index is 13.1. The van der Waals surface area contributed by atoms with E-state index in [1.54, 1.807) is 36.4 Å². The molecule has 3 aromatic rings. The zero-order valence-electron chi connectivity index (χ0n) is 19.7. The van der Waals surface area contributed by atoms with Gasteiger partial charge >= 0.3 is 0 Å². The standard InChI is InChI=1S/C26H29N3O4S/c1-18-14-19(2)16-22(15-18)29(34(4,32)33)20(3)25(30)28-24-13-9-8-12-23(24)26(31)27-17-21-10-6-5-7-11-21/h5-16,20H,17H2,1-4H3,(H,27,31)(H,28,30)/t20-/m1/s1. The highest BCUT2D eigenvalue weighted by molar-refractivity contribution is 7.92. The van der Waals surface area contributed by atoms with Gasteiger partial charge in [0.2, 0.25) is 15.9 Å². The van der Waals surface area contributed by atoms with Crippen LogP contribution < -0.4 is 14.9 Å². The van der Waals surface area contributed by atoms with Gasteiger partial charge in [-0.15, -0.1) is 0 Å². The third-order valence-corrected chi connectivity index (χ3v) is 6.52. The SMILES string of the molecule is Cc1cc(C)cc(N([C@H](C)C(=O)Nc2ccccc2C(=O)NCc2ccccc2)S(C)(=O)=O)c1. The summed E-state index contributed by atoms with van der Waals surface area (Å²) in [5, 5.41) is 5.58. The molecule has 3 rings (SSSR count). The lowest BCUT2D eigenvalue weighted by Gasteiger charge is -2.29. The molecule has 7 nitrogen and oxygen atoms in total. The number of sulfonamides is 1. The van der Waals surface area contributed by atoms with Gasteiger partial charge in [-0.3, -0.25) is 13.9 Å². The summed E-state index contributed by atoms with van der Waals surface area (Å²) >= 11 is 0. The van der Waals surface area contributed by atoms with Gasteiger partial charge in [0.05, 0.1) is 23.2 Å². The summed E-state index contributed by atoms with van der Waals surface area (Å²) in [6.07, 6.45) is 1.07. The van der Waals surface area contributed by atoms with Crippen LogP contribution in [0.1, 0.15) is 34.0 Å². The van der Waals surface area contributed by atoms with Crippen LogP contribution in [0.2, 0.25) is 0 Å². The number of para-hydroxylation sites is 1. The summed E-state index contributed by atoms with van der Waals surface area (Å²) in [7, 11) is -3.76. The van der Waals surface area contributed by atoms with Crippen LogP contribution >= 0.6 is 0 Å². The van der Waals surface area contributed by atoms with Crippen molar-refractivity contribution in [1.82, 2.24) is 5.32 Å². The van der Waals surface area contributed by atoms with E-state index in [0.717, 1.165) is 27.3 Å². The molecule has 0 aromatic heterocycles. The van der Waals surface area contributed by atoms with Crippen LogP contribution in [-0.4, -0.2) is 32.5 Å². The van der Waals surface area contributed by atoms with Crippen LogP contribution in [0.15, 0.2) is 72.8 Å². The molecule has 0 bridgehead atoms. The molecule has 8 heteroatoms. The highest BCUT2D eigenvalue weighted by atomic mass is 32.2. The van der Waals surface area contributed by atoms with Crippen molar-refractivity contribution in [2.45, 2.75) is 33.4 Å². The van der Waals surface area contributed by atoms with Crippen molar-refractivity contribution >= 4 is 33.2 Å². The quantitative estimate of drug-likeness (QED) is 0.510. The predicted octanol–water partition coefficient (Wildman–Crippen LogP) is 4.03. The minimum atomic E-state index is -3.76. The molecule has 0 aliphatic carbocycles. The molecular weight excluding hydrogens is 450 g/mol. The van der Waals surface area contributed by atoms with E-state index in [9.17, 15) is 18.0 Å². The van der Waals surface area contributed by atoms with Crippen LogP contribution in [0, 0.1) is 13.8 Å². The van der Waals surface area contributed by atoms with Crippen LogP contribution in [0.25, 0.3) is 0 Å². The van der Waals surface area contributed by atoms with Gasteiger partial charge in [0, 0.05) is 6.54 Å². The van der Waals surface area contributed by atoms with E-state index in [0.29, 0.717) is 17.9 Å². The largest absolute Gasteiger partial charge is 0.348 e. The smallest absolute Gasteiger partial charge is 0.253 e. The van der Waals surface area contributed by atoms with Crippen molar-refractivity contribution in [2.75, 3.05) is 15.9 Å². The van der Waals surface area contributed by atoms with Gasteiger partial charge in [0.1, 0.15) is 6.04 Å². The van der Waals surface area contributed by atoms with E-state index in [1.807, 2.05) is 50.2 Å². The van der Waals surface area contributed by atoms with Gasteiger partial charge in [-0.2, -0.15) is 0 Å². The van der Waals surface area contributed by atoms with Gasteiger partial charge in [-0.05, 0) is 61.7 Å². The van der Waals surface area contributed by atoms with Crippen molar-refractivity contribution in [2.24, 2.45) is 0 Å². The molecule has 0 fully saturated rings. The van der Waals surface area contributed by atoms with Gasteiger partial charge in [0.25, 0.3) is 5.91 Å². The van der Waals surface area contributed by atoms with Crippen LogP contribution in [-0.2, 0) is 21.4 Å².